The minimum Gasteiger partial charge on any atom is -0.365 e. The minimum atomic E-state index is -0.683. The van der Waals surface area contributed by atoms with Crippen molar-refractivity contribution in [3.8, 4) is 0 Å². The molecule has 1 aliphatic rings. The summed E-state index contributed by atoms with van der Waals surface area (Å²) in [5.74, 6) is -1.24. The summed E-state index contributed by atoms with van der Waals surface area (Å²) in [6, 6.07) is 10.5. The Kier molecular flexibility index (Phi) is 5.30. The van der Waals surface area contributed by atoms with Gasteiger partial charge in [-0.2, -0.15) is 0 Å². The Bertz CT molecular complexity index is 812. The number of amides is 1. The molecule has 1 amide bonds. The average Bonchev–Trinajstić information content (AvgIpc) is 2.56. The van der Waals surface area contributed by atoms with Crippen LogP contribution < -0.4 is 5.32 Å². The molecule has 2 aromatic carbocycles. The molecule has 1 saturated heterocycles. The summed E-state index contributed by atoms with van der Waals surface area (Å²) in [5, 5.41) is 3.54. The first kappa shape index (κ1) is 18.8. The van der Waals surface area contributed by atoms with Crippen molar-refractivity contribution < 1.29 is 18.3 Å². The van der Waals surface area contributed by atoms with Crippen LogP contribution in [0.2, 0.25) is 5.02 Å². The molecule has 138 valence electrons. The Morgan fingerprint density at radius 2 is 1.81 bits per heavy atom. The van der Waals surface area contributed by atoms with E-state index in [-0.39, 0.29) is 17.6 Å². The van der Waals surface area contributed by atoms with Gasteiger partial charge in [0.1, 0.15) is 11.6 Å². The number of hydrogen-bond acceptors (Lipinski definition) is 2. The third kappa shape index (κ3) is 4.22. The van der Waals surface area contributed by atoms with E-state index in [4.69, 9.17) is 16.3 Å². The van der Waals surface area contributed by atoms with Gasteiger partial charge in [-0.1, -0.05) is 23.7 Å². The number of nitrogens with one attached hydrogen (secondary N) is 1. The van der Waals surface area contributed by atoms with Gasteiger partial charge >= 0.3 is 0 Å². The van der Waals surface area contributed by atoms with Gasteiger partial charge in [-0.3, -0.25) is 4.79 Å². The van der Waals surface area contributed by atoms with Crippen molar-refractivity contribution in [2.45, 2.75) is 44.4 Å². The second kappa shape index (κ2) is 7.33. The lowest BCUT2D eigenvalue weighted by Crippen LogP contribution is -2.50. The first-order chi connectivity index (χ1) is 12.3. The van der Waals surface area contributed by atoms with Crippen molar-refractivity contribution in [3.05, 3.63) is 70.2 Å². The van der Waals surface area contributed by atoms with Gasteiger partial charge in [-0.25, -0.2) is 8.78 Å². The molecule has 1 aliphatic heterocycles. The lowest BCUT2D eigenvalue weighted by Gasteiger charge is -2.43. The third-order valence-electron chi connectivity index (χ3n) is 4.62. The fourth-order valence-corrected chi connectivity index (χ4v) is 3.67. The second-order valence-electron chi connectivity index (χ2n) is 6.98. The molecule has 0 spiro atoms. The van der Waals surface area contributed by atoms with Crippen molar-refractivity contribution in [2.75, 3.05) is 0 Å². The van der Waals surface area contributed by atoms with Crippen LogP contribution in [-0.4, -0.2) is 11.4 Å². The van der Waals surface area contributed by atoms with Gasteiger partial charge in [0.25, 0.3) is 0 Å². The standard InChI is InChI=1S/C20H20ClF2NO2/c1-12(25)24-20(2)10-18(13-3-5-14(21)6-4-13)26-19(11-20)16-9-15(22)7-8-17(16)23/h3-9,18-19H,10-11H2,1-2H3,(H,24,25)/t18-,19+,20-/m0/s1. The molecule has 0 aliphatic carbocycles. The molecule has 1 heterocycles. The zero-order valence-corrected chi connectivity index (χ0v) is 15.3. The fourth-order valence-electron chi connectivity index (χ4n) is 3.54. The third-order valence-corrected chi connectivity index (χ3v) is 4.88. The summed E-state index contributed by atoms with van der Waals surface area (Å²) in [7, 11) is 0. The van der Waals surface area contributed by atoms with Gasteiger partial charge in [0, 0.05) is 35.9 Å². The summed E-state index contributed by atoms with van der Waals surface area (Å²) < 4.78 is 34.1. The normalized spacial score (nSPS) is 25.7. The molecule has 6 heteroatoms. The molecule has 26 heavy (non-hydrogen) atoms. The number of rotatable bonds is 3. The van der Waals surface area contributed by atoms with Crippen LogP contribution in [0.4, 0.5) is 8.78 Å². The number of benzene rings is 2. The highest BCUT2D eigenvalue weighted by Gasteiger charge is 2.40. The topological polar surface area (TPSA) is 38.3 Å². The Balaban J connectivity index is 1.97. The van der Waals surface area contributed by atoms with E-state index in [1.165, 1.54) is 6.92 Å². The molecule has 0 radical (unpaired) electrons. The summed E-state index contributed by atoms with van der Waals surface area (Å²) in [6.07, 6.45) is -0.207. The van der Waals surface area contributed by atoms with Gasteiger partial charge in [-0.15, -0.1) is 0 Å². The van der Waals surface area contributed by atoms with Crippen LogP contribution in [0, 0.1) is 11.6 Å². The monoisotopic (exact) mass is 379 g/mol. The highest BCUT2D eigenvalue weighted by atomic mass is 35.5. The van der Waals surface area contributed by atoms with E-state index < -0.39 is 23.3 Å². The molecule has 3 rings (SSSR count). The smallest absolute Gasteiger partial charge is 0.217 e. The molecule has 1 fully saturated rings. The first-order valence-electron chi connectivity index (χ1n) is 8.40. The summed E-state index contributed by atoms with van der Waals surface area (Å²) in [6.45, 7) is 3.33. The molecule has 1 N–H and O–H groups in total. The van der Waals surface area contributed by atoms with Crippen molar-refractivity contribution in [3.63, 3.8) is 0 Å². The largest absolute Gasteiger partial charge is 0.365 e. The van der Waals surface area contributed by atoms with Crippen LogP contribution in [0.25, 0.3) is 0 Å². The quantitative estimate of drug-likeness (QED) is 0.805. The molecule has 0 saturated carbocycles. The van der Waals surface area contributed by atoms with Gasteiger partial charge < -0.3 is 10.1 Å². The van der Waals surface area contributed by atoms with Crippen molar-refractivity contribution in [2.24, 2.45) is 0 Å². The van der Waals surface area contributed by atoms with Crippen molar-refractivity contribution in [1.29, 1.82) is 0 Å². The molecule has 0 aromatic heterocycles. The van der Waals surface area contributed by atoms with Crippen LogP contribution in [0.3, 0.4) is 0 Å². The van der Waals surface area contributed by atoms with E-state index in [1.807, 2.05) is 19.1 Å². The van der Waals surface area contributed by atoms with Gasteiger partial charge in [0.2, 0.25) is 5.91 Å². The molecule has 3 atom stereocenters. The Labute approximate surface area is 156 Å². The van der Waals surface area contributed by atoms with E-state index in [0.717, 1.165) is 23.8 Å². The predicted octanol–water partition coefficient (Wildman–Crippen LogP) is 5.11. The number of hydrogen-bond donors (Lipinski definition) is 1. The van der Waals surface area contributed by atoms with Gasteiger partial charge in [0.15, 0.2) is 0 Å². The van der Waals surface area contributed by atoms with Crippen LogP contribution >= 0.6 is 11.6 Å². The van der Waals surface area contributed by atoms with E-state index in [2.05, 4.69) is 5.32 Å². The summed E-state index contributed by atoms with van der Waals surface area (Å²) in [4.78, 5) is 11.7. The minimum absolute atomic E-state index is 0.153. The number of halogens is 3. The van der Waals surface area contributed by atoms with Gasteiger partial charge in [-0.05, 0) is 42.8 Å². The highest BCUT2D eigenvalue weighted by molar-refractivity contribution is 6.30. The molecule has 2 aromatic rings. The number of ether oxygens (including phenoxy) is 1. The van der Waals surface area contributed by atoms with Crippen LogP contribution in [0.5, 0.6) is 0 Å². The van der Waals surface area contributed by atoms with E-state index in [1.54, 1.807) is 12.1 Å². The van der Waals surface area contributed by atoms with Crippen molar-refractivity contribution >= 4 is 17.5 Å². The first-order valence-corrected chi connectivity index (χ1v) is 8.78. The van der Waals surface area contributed by atoms with Gasteiger partial charge in [0.05, 0.1) is 12.2 Å². The maximum absolute atomic E-state index is 14.3. The molecule has 0 bridgehead atoms. The zero-order chi connectivity index (χ0) is 18.9. The second-order valence-corrected chi connectivity index (χ2v) is 7.42. The maximum Gasteiger partial charge on any atom is 0.217 e. The lowest BCUT2D eigenvalue weighted by molar-refractivity contribution is -0.126. The van der Waals surface area contributed by atoms with Crippen LogP contribution in [0.15, 0.2) is 42.5 Å². The Morgan fingerprint density at radius 1 is 1.15 bits per heavy atom. The molecule has 0 unspecified atom stereocenters. The SMILES string of the molecule is CC(=O)N[C@@]1(C)C[C@@H](c2ccc(Cl)cc2)O[C@@H](c2cc(F)ccc2F)C1. The summed E-state index contributed by atoms with van der Waals surface area (Å²) in [5.41, 5.74) is 0.408. The maximum atomic E-state index is 14.3. The fraction of sp³-hybridized carbons (Fsp3) is 0.350. The Hall–Kier alpha value is -1.98. The molecule has 3 nitrogen and oxygen atoms in total. The van der Waals surface area contributed by atoms with Crippen LogP contribution in [-0.2, 0) is 9.53 Å². The van der Waals surface area contributed by atoms with Crippen molar-refractivity contribution in [1.82, 2.24) is 5.32 Å². The highest BCUT2D eigenvalue weighted by Crippen LogP contribution is 2.44. The molecular weight excluding hydrogens is 360 g/mol. The van der Waals surface area contributed by atoms with E-state index >= 15 is 0 Å². The lowest BCUT2D eigenvalue weighted by atomic mass is 9.81. The predicted molar refractivity (Wildman–Crippen MR) is 95.8 cm³/mol. The zero-order valence-electron chi connectivity index (χ0n) is 14.6. The summed E-state index contributed by atoms with van der Waals surface area (Å²) >= 11 is 5.95. The number of carbonyl (C=O) groups is 1. The van der Waals surface area contributed by atoms with E-state index in [0.29, 0.717) is 17.9 Å². The molecular formula is C20H20ClF2NO2. The van der Waals surface area contributed by atoms with E-state index in [9.17, 15) is 13.6 Å². The Morgan fingerprint density at radius 3 is 2.46 bits per heavy atom. The van der Waals surface area contributed by atoms with Crippen LogP contribution in [0.1, 0.15) is 50.0 Å². The average molecular weight is 380 g/mol. The number of carbonyl (C=O) groups excluding carboxylic acids is 1.